The predicted octanol–water partition coefficient (Wildman–Crippen LogP) is 3.80. The third-order valence-electron chi connectivity index (χ3n) is 6.02. The average Bonchev–Trinajstić information content (AvgIpc) is 3.14. The zero-order chi connectivity index (χ0) is 23.5. The van der Waals surface area contributed by atoms with E-state index in [0.717, 1.165) is 40.7 Å². The number of rotatable bonds is 6. The van der Waals surface area contributed by atoms with Crippen LogP contribution in [0, 0.1) is 0 Å². The van der Waals surface area contributed by atoms with Crippen molar-refractivity contribution in [2.75, 3.05) is 0 Å². The topological polar surface area (TPSA) is 102 Å². The quantitative estimate of drug-likeness (QED) is 0.541. The summed E-state index contributed by atoms with van der Waals surface area (Å²) < 4.78 is 56.9. The molecule has 1 aliphatic carbocycles. The third kappa shape index (κ3) is 4.32. The molecule has 2 unspecified atom stereocenters. The maximum atomic E-state index is 13.3. The van der Waals surface area contributed by atoms with Crippen LogP contribution in [0.25, 0.3) is 21.6 Å². The Balaban J connectivity index is 1.70. The van der Waals surface area contributed by atoms with E-state index in [0.29, 0.717) is 11.9 Å². The van der Waals surface area contributed by atoms with Crippen LogP contribution in [0.15, 0.2) is 29.3 Å². The maximum Gasteiger partial charge on any atom is 0.291 e. The number of benzene rings is 1. The van der Waals surface area contributed by atoms with Crippen LogP contribution in [-0.4, -0.2) is 46.0 Å². The molecule has 12 heteroatoms. The Morgan fingerprint density at radius 3 is 2.67 bits per heavy atom. The van der Waals surface area contributed by atoms with Crippen molar-refractivity contribution in [2.24, 2.45) is 0 Å². The molecule has 0 spiro atoms. The molecule has 33 heavy (non-hydrogen) atoms. The first-order valence-electron chi connectivity index (χ1n) is 10.7. The number of aromatic nitrogens is 4. The van der Waals surface area contributed by atoms with E-state index in [2.05, 4.69) is 38.3 Å². The van der Waals surface area contributed by atoms with Crippen LogP contribution in [0.5, 0.6) is 0 Å². The van der Waals surface area contributed by atoms with Gasteiger partial charge in [0.25, 0.3) is 6.43 Å². The van der Waals surface area contributed by atoms with Gasteiger partial charge in [0.05, 0.1) is 16.6 Å². The lowest BCUT2D eigenvalue weighted by Crippen LogP contribution is -2.37. The molecule has 1 aromatic carbocycles. The number of sulfonamides is 1. The number of nitrogens with zero attached hydrogens (tertiary/aromatic N) is 4. The van der Waals surface area contributed by atoms with E-state index < -0.39 is 27.0 Å². The molecule has 0 amide bonds. The lowest BCUT2D eigenvalue weighted by molar-refractivity contribution is 0.150. The monoisotopic (exact) mass is 494 g/mol. The molecule has 3 aromatic rings. The molecule has 0 saturated heterocycles. The van der Waals surface area contributed by atoms with Gasteiger partial charge in [-0.25, -0.2) is 26.6 Å². The van der Waals surface area contributed by atoms with E-state index in [9.17, 15) is 17.2 Å². The molecule has 1 saturated carbocycles. The highest BCUT2D eigenvalue weighted by atomic mass is 32.2. The minimum absolute atomic E-state index is 0.109. The molecule has 5 rings (SSSR count). The van der Waals surface area contributed by atoms with Crippen LogP contribution < -0.4 is 10.0 Å². The Kier molecular flexibility index (Phi) is 5.39. The predicted molar refractivity (Wildman–Crippen MR) is 122 cm³/mol. The lowest BCUT2D eigenvalue weighted by atomic mass is 9.92. The molecular formula is C21H24F2N6O2S2. The molecule has 2 aromatic heterocycles. The number of fused-ring (bicyclic) bond motifs is 1. The molecule has 176 valence electrons. The van der Waals surface area contributed by atoms with Gasteiger partial charge in [0.1, 0.15) is 0 Å². The van der Waals surface area contributed by atoms with Gasteiger partial charge in [-0.05, 0) is 63.3 Å². The SMILES string of the molecule is CC1C=C(c2cc(S(=O)(=O)NC3(C)CC3)cc3c2cnn3-c2nnc(C(F)F)s2)CC(C)N1. The van der Waals surface area contributed by atoms with Crippen molar-refractivity contribution >= 4 is 37.8 Å². The molecule has 2 aliphatic rings. The van der Waals surface area contributed by atoms with Crippen LogP contribution in [0.4, 0.5) is 8.78 Å². The molecule has 0 radical (unpaired) electrons. The van der Waals surface area contributed by atoms with Gasteiger partial charge in [0, 0.05) is 23.0 Å². The first kappa shape index (κ1) is 22.5. The fraction of sp³-hybridized carbons (Fsp3) is 0.476. The number of halogens is 2. The molecule has 1 aliphatic heterocycles. The maximum absolute atomic E-state index is 13.3. The summed E-state index contributed by atoms with van der Waals surface area (Å²) in [6.45, 7) is 5.99. The van der Waals surface area contributed by atoms with Crippen molar-refractivity contribution in [2.45, 2.75) is 69.0 Å². The van der Waals surface area contributed by atoms with Crippen molar-refractivity contribution in [3.8, 4) is 5.13 Å². The van der Waals surface area contributed by atoms with Gasteiger partial charge in [0.2, 0.25) is 15.2 Å². The van der Waals surface area contributed by atoms with Crippen molar-refractivity contribution in [3.63, 3.8) is 0 Å². The summed E-state index contributed by atoms with van der Waals surface area (Å²) in [5.41, 5.74) is 1.82. The van der Waals surface area contributed by atoms with Gasteiger partial charge < -0.3 is 5.32 Å². The highest BCUT2D eigenvalue weighted by Gasteiger charge is 2.41. The summed E-state index contributed by atoms with van der Waals surface area (Å²) in [7, 11) is -3.81. The van der Waals surface area contributed by atoms with E-state index in [-0.39, 0.29) is 22.1 Å². The van der Waals surface area contributed by atoms with Crippen molar-refractivity contribution in [3.05, 3.63) is 35.0 Å². The van der Waals surface area contributed by atoms with E-state index in [4.69, 9.17) is 0 Å². The molecular weight excluding hydrogens is 470 g/mol. The molecule has 2 atom stereocenters. The zero-order valence-corrected chi connectivity index (χ0v) is 20.0. The minimum atomic E-state index is -3.81. The summed E-state index contributed by atoms with van der Waals surface area (Å²) in [6, 6.07) is 3.54. The molecule has 2 N–H and O–H groups in total. The number of hydrogen-bond acceptors (Lipinski definition) is 7. The van der Waals surface area contributed by atoms with Gasteiger partial charge in [-0.15, -0.1) is 10.2 Å². The summed E-state index contributed by atoms with van der Waals surface area (Å²) in [5, 5.41) is 15.7. The highest BCUT2D eigenvalue weighted by Crippen LogP contribution is 2.38. The second-order valence-corrected chi connectivity index (χ2v) is 11.8. The van der Waals surface area contributed by atoms with E-state index in [1.807, 2.05) is 13.8 Å². The Labute approximate surface area is 194 Å². The minimum Gasteiger partial charge on any atom is -0.308 e. The van der Waals surface area contributed by atoms with E-state index >= 15 is 0 Å². The number of alkyl halides is 2. The Morgan fingerprint density at radius 1 is 1.27 bits per heavy atom. The van der Waals surface area contributed by atoms with Gasteiger partial charge in [0.15, 0.2) is 5.01 Å². The fourth-order valence-corrected chi connectivity index (χ4v) is 6.38. The lowest BCUT2D eigenvalue weighted by Gasteiger charge is -2.26. The van der Waals surface area contributed by atoms with E-state index in [1.165, 1.54) is 10.7 Å². The van der Waals surface area contributed by atoms with Crippen molar-refractivity contribution in [1.82, 2.24) is 30.0 Å². The van der Waals surface area contributed by atoms with Crippen molar-refractivity contribution < 1.29 is 17.2 Å². The Hall–Kier alpha value is -2.28. The van der Waals surface area contributed by atoms with Crippen LogP contribution >= 0.6 is 11.3 Å². The van der Waals surface area contributed by atoms with Crippen molar-refractivity contribution in [1.29, 1.82) is 0 Å². The van der Waals surface area contributed by atoms with Crippen LogP contribution in [0.2, 0.25) is 0 Å². The summed E-state index contributed by atoms with van der Waals surface area (Å²) in [6.07, 6.45) is 3.25. The van der Waals surface area contributed by atoms with Gasteiger partial charge in [-0.1, -0.05) is 17.4 Å². The molecule has 0 bridgehead atoms. The summed E-state index contributed by atoms with van der Waals surface area (Å²) >= 11 is 0.728. The smallest absolute Gasteiger partial charge is 0.291 e. The summed E-state index contributed by atoms with van der Waals surface area (Å²) in [5.74, 6) is 0. The van der Waals surface area contributed by atoms with Gasteiger partial charge in [-0.2, -0.15) is 5.10 Å². The van der Waals surface area contributed by atoms with E-state index in [1.54, 1.807) is 12.3 Å². The standard InChI is InChI=1S/C21H24F2N6O2S2/c1-11-6-13(7-12(2)25-11)15-8-14(33(30,31)28-21(3)4-5-21)9-17-16(15)10-24-29(17)20-27-26-19(32-20)18(22)23/h6,8-12,18,25,28H,4-5,7H2,1-3H3. The van der Waals surface area contributed by atoms with Gasteiger partial charge in [-0.3, -0.25) is 0 Å². The largest absolute Gasteiger partial charge is 0.308 e. The zero-order valence-electron chi connectivity index (χ0n) is 18.3. The van der Waals surface area contributed by atoms with Gasteiger partial charge >= 0.3 is 0 Å². The Morgan fingerprint density at radius 2 is 2.03 bits per heavy atom. The fourth-order valence-electron chi connectivity index (χ4n) is 4.20. The normalized spacial score (nSPS) is 22.7. The second-order valence-electron chi connectivity index (χ2n) is 9.10. The first-order valence-corrected chi connectivity index (χ1v) is 13.0. The number of hydrogen-bond donors (Lipinski definition) is 2. The molecule has 8 nitrogen and oxygen atoms in total. The van der Waals surface area contributed by atoms with Crippen LogP contribution in [0.1, 0.15) is 57.0 Å². The average molecular weight is 495 g/mol. The van der Waals surface area contributed by atoms with Crippen LogP contribution in [-0.2, 0) is 10.0 Å². The van der Waals surface area contributed by atoms with Crippen LogP contribution in [0.3, 0.4) is 0 Å². The molecule has 1 fully saturated rings. The third-order valence-corrected chi connectivity index (χ3v) is 8.55. The molecule has 3 heterocycles. The summed E-state index contributed by atoms with van der Waals surface area (Å²) in [4.78, 5) is 0.109. The first-order chi connectivity index (χ1) is 15.5. The second kappa shape index (κ2) is 7.90. The number of nitrogens with one attached hydrogen (secondary N) is 2. The Bertz CT molecular complexity index is 1360. The highest BCUT2D eigenvalue weighted by molar-refractivity contribution is 7.89.